The SMILES string of the molecule is C[C@]12C=CC=CC1=CC[C@H]1[C@@H]3CC(O)[C@](O)(C(=O)CO)[C@@]3(C)CC(O)[C@@]12F. The molecule has 0 radical (unpaired) electrons. The Balaban J connectivity index is 1.86. The Morgan fingerprint density at radius 3 is 2.59 bits per heavy atom. The molecule has 4 aliphatic rings. The fourth-order valence-electron chi connectivity index (χ4n) is 6.59. The molecule has 27 heavy (non-hydrogen) atoms. The van der Waals surface area contributed by atoms with Crippen LogP contribution in [0.3, 0.4) is 0 Å². The molecule has 4 aliphatic carbocycles. The summed E-state index contributed by atoms with van der Waals surface area (Å²) in [4.78, 5) is 12.4. The van der Waals surface area contributed by atoms with Gasteiger partial charge in [0.05, 0.1) is 12.2 Å². The third-order valence-electron chi connectivity index (χ3n) is 8.15. The first-order chi connectivity index (χ1) is 12.6. The van der Waals surface area contributed by atoms with E-state index in [1.54, 1.807) is 26.0 Å². The van der Waals surface area contributed by atoms with E-state index in [1.807, 2.05) is 18.2 Å². The van der Waals surface area contributed by atoms with Crippen LogP contribution in [-0.2, 0) is 4.79 Å². The van der Waals surface area contributed by atoms with Gasteiger partial charge in [0, 0.05) is 16.7 Å². The molecule has 2 unspecified atom stereocenters. The van der Waals surface area contributed by atoms with Gasteiger partial charge in [-0.25, -0.2) is 4.39 Å². The molecule has 0 amide bonds. The Morgan fingerprint density at radius 2 is 1.93 bits per heavy atom. The second-order valence-corrected chi connectivity index (χ2v) is 9.03. The van der Waals surface area contributed by atoms with Crippen LogP contribution in [0.2, 0.25) is 0 Å². The fourth-order valence-corrected chi connectivity index (χ4v) is 6.59. The Hall–Kier alpha value is -1.34. The van der Waals surface area contributed by atoms with E-state index < -0.39 is 58.5 Å². The first-order valence-corrected chi connectivity index (χ1v) is 9.55. The lowest BCUT2D eigenvalue weighted by molar-refractivity contribution is -0.217. The number of rotatable bonds is 2. The smallest absolute Gasteiger partial charge is 0.192 e. The largest absolute Gasteiger partial charge is 0.390 e. The van der Waals surface area contributed by atoms with Crippen molar-refractivity contribution in [2.24, 2.45) is 22.7 Å². The third-order valence-corrected chi connectivity index (χ3v) is 8.15. The molecule has 0 spiro atoms. The van der Waals surface area contributed by atoms with Crippen LogP contribution >= 0.6 is 0 Å². The molecule has 0 aromatic rings. The maximum atomic E-state index is 16.7. The van der Waals surface area contributed by atoms with Gasteiger partial charge in [-0.2, -0.15) is 0 Å². The zero-order chi connectivity index (χ0) is 19.8. The normalized spacial score (nSPS) is 53.4. The number of hydrogen-bond acceptors (Lipinski definition) is 5. The van der Waals surface area contributed by atoms with Crippen LogP contribution in [0.5, 0.6) is 0 Å². The van der Waals surface area contributed by atoms with Crippen molar-refractivity contribution in [2.75, 3.05) is 6.61 Å². The minimum atomic E-state index is -2.19. The van der Waals surface area contributed by atoms with E-state index in [9.17, 15) is 25.2 Å². The van der Waals surface area contributed by atoms with E-state index in [4.69, 9.17) is 0 Å². The molecule has 0 aromatic carbocycles. The van der Waals surface area contributed by atoms with Gasteiger partial charge in [0.1, 0.15) is 6.61 Å². The first-order valence-electron chi connectivity index (χ1n) is 9.55. The zero-order valence-corrected chi connectivity index (χ0v) is 15.6. The number of alkyl halides is 1. The minimum Gasteiger partial charge on any atom is -0.390 e. The van der Waals surface area contributed by atoms with Crippen LogP contribution in [0.4, 0.5) is 4.39 Å². The summed E-state index contributed by atoms with van der Waals surface area (Å²) in [5.41, 5.74) is -5.59. The van der Waals surface area contributed by atoms with E-state index in [1.165, 1.54) is 0 Å². The molecule has 0 bridgehead atoms. The molecule has 5 nitrogen and oxygen atoms in total. The molecule has 8 atom stereocenters. The molecule has 4 N–H and O–H groups in total. The molecule has 0 saturated heterocycles. The van der Waals surface area contributed by atoms with Gasteiger partial charge in [0.15, 0.2) is 17.1 Å². The van der Waals surface area contributed by atoms with E-state index >= 15 is 4.39 Å². The van der Waals surface area contributed by atoms with Crippen molar-refractivity contribution in [3.63, 3.8) is 0 Å². The summed E-state index contributed by atoms with van der Waals surface area (Å²) >= 11 is 0. The third kappa shape index (κ3) is 1.95. The number of Topliss-reactive ketones (excluding diaryl/α,β-unsaturated/α-hetero) is 1. The summed E-state index contributed by atoms with van der Waals surface area (Å²) in [7, 11) is 0. The second-order valence-electron chi connectivity index (χ2n) is 9.03. The Morgan fingerprint density at radius 1 is 1.22 bits per heavy atom. The first kappa shape index (κ1) is 19.0. The monoisotopic (exact) mass is 378 g/mol. The van der Waals surface area contributed by atoms with Gasteiger partial charge in [-0.1, -0.05) is 37.3 Å². The summed E-state index contributed by atoms with van der Waals surface area (Å²) in [5.74, 6) is -2.04. The van der Waals surface area contributed by atoms with Crippen molar-refractivity contribution in [1.82, 2.24) is 0 Å². The van der Waals surface area contributed by atoms with Crippen LogP contribution in [0.1, 0.15) is 33.1 Å². The Bertz CT molecular complexity index is 775. The summed E-state index contributed by atoms with van der Waals surface area (Å²) in [6.45, 7) is 2.49. The molecular formula is C21H27FO5. The number of halogens is 1. The minimum absolute atomic E-state index is 0.0562. The van der Waals surface area contributed by atoms with Crippen LogP contribution in [0.25, 0.3) is 0 Å². The van der Waals surface area contributed by atoms with Crippen molar-refractivity contribution in [3.8, 4) is 0 Å². The van der Waals surface area contributed by atoms with Crippen molar-refractivity contribution >= 4 is 5.78 Å². The van der Waals surface area contributed by atoms with Gasteiger partial charge >= 0.3 is 0 Å². The quantitative estimate of drug-likeness (QED) is 0.579. The predicted octanol–water partition coefficient (Wildman–Crippen LogP) is 1.22. The number of hydrogen-bond donors (Lipinski definition) is 4. The predicted molar refractivity (Wildman–Crippen MR) is 96.3 cm³/mol. The van der Waals surface area contributed by atoms with Crippen LogP contribution in [-0.4, -0.2) is 56.3 Å². The summed E-state index contributed by atoms with van der Waals surface area (Å²) in [5, 5.41) is 42.1. The highest BCUT2D eigenvalue weighted by atomic mass is 19.1. The molecule has 4 rings (SSSR count). The molecule has 2 fully saturated rings. The standard InChI is InChI=1S/C21H27FO5/c1-18-8-4-3-5-12(18)6-7-13-14-9-15(24)21(27,17(26)11-23)19(14,2)10-16(25)20(13,18)22/h3-6,8,13-16,23-25,27H,7,9-11H2,1-2H3/t13-,14-,15?,16?,18-,19-,20-,21-/m0/s1. The topological polar surface area (TPSA) is 98.0 Å². The van der Waals surface area contributed by atoms with Crippen molar-refractivity contribution in [3.05, 3.63) is 36.0 Å². The number of aliphatic hydroxyl groups excluding tert-OH is 3. The summed E-state index contributed by atoms with van der Waals surface area (Å²) < 4.78 is 16.7. The molecule has 2 saturated carbocycles. The van der Waals surface area contributed by atoms with Gasteiger partial charge in [-0.3, -0.25) is 4.79 Å². The van der Waals surface area contributed by atoms with Gasteiger partial charge in [0.2, 0.25) is 0 Å². The fraction of sp³-hybridized carbons (Fsp3) is 0.667. The lowest BCUT2D eigenvalue weighted by atomic mass is 9.45. The van der Waals surface area contributed by atoms with Gasteiger partial charge in [0.25, 0.3) is 0 Å². The van der Waals surface area contributed by atoms with Crippen molar-refractivity contribution in [2.45, 2.75) is 56.6 Å². The molecule has 148 valence electrons. The van der Waals surface area contributed by atoms with Crippen LogP contribution in [0.15, 0.2) is 36.0 Å². The van der Waals surface area contributed by atoms with Gasteiger partial charge in [-0.15, -0.1) is 0 Å². The average molecular weight is 378 g/mol. The van der Waals surface area contributed by atoms with E-state index in [2.05, 4.69) is 0 Å². The van der Waals surface area contributed by atoms with Crippen LogP contribution < -0.4 is 0 Å². The number of fused-ring (bicyclic) bond motifs is 5. The van der Waals surface area contributed by atoms with E-state index in [-0.39, 0.29) is 12.8 Å². The molecule has 0 aliphatic heterocycles. The number of allylic oxidation sites excluding steroid dienone is 6. The lowest BCUT2D eigenvalue weighted by Crippen LogP contribution is -2.69. The molecule has 6 heteroatoms. The van der Waals surface area contributed by atoms with Crippen molar-refractivity contribution < 1.29 is 29.6 Å². The summed E-state index contributed by atoms with van der Waals surface area (Å²) in [6, 6.07) is 0. The molecule has 0 aromatic heterocycles. The maximum Gasteiger partial charge on any atom is 0.192 e. The zero-order valence-electron chi connectivity index (χ0n) is 15.6. The van der Waals surface area contributed by atoms with Gasteiger partial charge < -0.3 is 20.4 Å². The summed E-state index contributed by atoms with van der Waals surface area (Å²) in [6.07, 6.45) is 6.63. The Labute approximate surface area is 157 Å². The highest BCUT2D eigenvalue weighted by Gasteiger charge is 2.75. The van der Waals surface area contributed by atoms with Crippen LogP contribution in [0, 0.1) is 22.7 Å². The van der Waals surface area contributed by atoms with Crippen molar-refractivity contribution in [1.29, 1.82) is 0 Å². The second kappa shape index (κ2) is 5.60. The highest BCUT2D eigenvalue weighted by Crippen LogP contribution is 2.68. The number of ketones is 1. The van der Waals surface area contributed by atoms with E-state index in [0.717, 1.165) is 5.57 Å². The maximum absolute atomic E-state index is 16.7. The molecular weight excluding hydrogens is 351 g/mol. The number of carbonyl (C=O) groups is 1. The average Bonchev–Trinajstić information content (AvgIpc) is 2.83. The van der Waals surface area contributed by atoms with E-state index in [0.29, 0.717) is 6.42 Å². The lowest BCUT2D eigenvalue weighted by Gasteiger charge is -2.61. The molecule has 0 heterocycles. The number of carbonyl (C=O) groups excluding carboxylic acids is 1. The number of aliphatic hydroxyl groups is 4. The Kier molecular flexibility index (Phi) is 3.94. The van der Waals surface area contributed by atoms with Gasteiger partial charge in [-0.05, 0) is 37.7 Å². The highest BCUT2D eigenvalue weighted by molar-refractivity contribution is 5.90.